The number of benzene rings is 4. The van der Waals surface area contributed by atoms with Crippen molar-refractivity contribution in [2.24, 2.45) is 0 Å². The number of fused-ring (bicyclic) bond motifs is 1. The van der Waals surface area contributed by atoms with Crippen LogP contribution in [0.15, 0.2) is 95.4 Å². The third-order valence-corrected chi connectivity index (χ3v) is 6.17. The number of ether oxygens (including phenoxy) is 1. The highest BCUT2D eigenvalue weighted by Gasteiger charge is 2.15. The van der Waals surface area contributed by atoms with Crippen molar-refractivity contribution in [3.05, 3.63) is 113 Å². The van der Waals surface area contributed by atoms with Gasteiger partial charge in [-0.15, -0.1) is 0 Å². The first kappa shape index (κ1) is 24.5. The second-order valence-electron chi connectivity index (χ2n) is 8.32. The van der Waals surface area contributed by atoms with Crippen molar-refractivity contribution in [3.8, 4) is 17.2 Å². The number of rotatable bonds is 6. The van der Waals surface area contributed by atoms with Gasteiger partial charge in [-0.25, -0.2) is 4.98 Å². The van der Waals surface area contributed by atoms with Gasteiger partial charge in [0.05, 0.1) is 0 Å². The molecule has 1 aromatic heterocycles. The topological polar surface area (TPSA) is 76.4 Å². The zero-order valence-corrected chi connectivity index (χ0v) is 21.4. The number of anilines is 1. The second kappa shape index (κ2) is 10.8. The number of carbonyl (C=O) groups excluding carboxylic acids is 1. The molecule has 0 saturated heterocycles. The maximum atomic E-state index is 12.8. The molecule has 0 bridgehead atoms. The van der Waals surface area contributed by atoms with Gasteiger partial charge in [0.25, 0.3) is 5.91 Å². The Morgan fingerprint density at radius 2 is 1.81 bits per heavy atom. The summed E-state index contributed by atoms with van der Waals surface area (Å²) in [6, 6.07) is 27.8. The van der Waals surface area contributed by atoms with Gasteiger partial charge in [-0.2, -0.15) is 0 Å². The number of thiocarbonyl (C=S) groups is 1. The number of carbonyl (C=O) groups is 1. The summed E-state index contributed by atoms with van der Waals surface area (Å²) < 4.78 is 11.8. The van der Waals surface area contributed by atoms with E-state index < -0.39 is 0 Å². The summed E-state index contributed by atoms with van der Waals surface area (Å²) in [5, 5.41) is 6.60. The van der Waals surface area contributed by atoms with Crippen molar-refractivity contribution in [1.29, 1.82) is 0 Å². The molecule has 6 nitrogen and oxygen atoms in total. The smallest absolute Gasteiger partial charge is 0.257 e. The molecule has 5 aromatic rings. The number of hydrogen-bond donors (Lipinski definition) is 2. The van der Waals surface area contributed by atoms with Crippen LogP contribution in [0.1, 0.15) is 21.5 Å². The Labute approximate surface area is 224 Å². The number of amides is 1. The molecule has 0 aliphatic carbocycles. The molecular weight excluding hydrogens is 506 g/mol. The van der Waals surface area contributed by atoms with Gasteiger partial charge in [0.2, 0.25) is 5.89 Å². The van der Waals surface area contributed by atoms with Crippen LogP contribution in [0.25, 0.3) is 22.6 Å². The molecular formula is C29H22ClN3O3S. The maximum absolute atomic E-state index is 12.8. The van der Waals surface area contributed by atoms with Gasteiger partial charge in [-0.1, -0.05) is 54.1 Å². The van der Waals surface area contributed by atoms with E-state index in [1.165, 1.54) is 0 Å². The van der Waals surface area contributed by atoms with Crippen molar-refractivity contribution >= 4 is 51.6 Å². The number of nitrogens with one attached hydrogen (secondary N) is 2. The molecule has 0 fully saturated rings. The third-order valence-electron chi connectivity index (χ3n) is 5.73. The highest BCUT2D eigenvalue weighted by molar-refractivity contribution is 7.80. The lowest BCUT2D eigenvalue weighted by atomic mass is 10.1. The SMILES string of the molecule is Cc1c(NC(=S)NC(=O)c2cccc(OCc3ccccc3)c2)cccc1-c1nc2cc(Cl)ccc2o1. The molecule has 8 heteroatoms. The molecule has 4 aromatic carbocycles. The van der Waals surface area contributed by atoms with Crippen molar-refractivity contribution in [2.75, 3.05) is 5.32 Å². The van der Waals surface area contributed by atoms with Crippen molar-refractivity contribution in [1.82, 2.24) is 10.3 Å². The van der Waals surface area contributed by atoms with Crippen molar-refractivity contribution in [3.63, 3.8) is 0 Å². The molecule has 37 heavy (non-hydrogen) atoms. The molecule has 0 radical (unpaired) electrons. The minimum absolute atomic E-state index is 0.171. The van der Waals surface area contributed by atoms with E-state index >= 15 is 0 Å². The zero-order valence-electron chi connectivity index (χ0n) is 19.8. The van der Waals surface area contributed by atoms with Crippen LogP contribution in [0.4, 0.5) is 5.69 Å². The average Bonchev–Trinajstić information content (AvgIpc) is 3.32. The molecule has 5 rings (SSSR count). The Bertz CT molecular complexity index is 1600. The monoisotopic (exact) mass is 527 g/mol. The Morgan fingerprint density at radius 3 is 2.65 bits per heavy atom. The molecule has 0 saturated carbocycles. The fourth-order valence-electron chi connectivity index (χ4n) is 3.82. The Kier molecular flexibility index (Phi) is 7.16. The summed E-state index contributed by atoms with van der Waals surface area (Å²) in [6.07, 6.45) is 0. The normalized spacial score (nSPS) is 10.8. The molecule has 0 unspecified atom stereocenters. The number of aromatic nitrogens is 1. The first-order chi connectivity index (χ1) is 18.0. The highest BCUT2D eigenvalue weighted by atomic mass is 35.5. The highest BCUT2D eigenvalue weighted by Crippen LogP contribution is 2.31. The fraction of sp³-hybridized carbons (Fsp3) is 0.0690. The summed E-state index contributed by atoms with van der Waals surface area (Å²) in [4.78, 5) is 17.4. The predicted molar refractivity (Wildman–Crippen MR) is 150 cm³/mol. The van der Waals surface area contributed by atoms with Gasteiger partial charge in [0.15, 0.2) is 10.7 Å². The standard InChI is InChI=1S/C29H22ClN3O3S/c1-18-23(28-31-25-16-21(30)13-14-26(25)36-28)11-6-12-24(18)32-29(37)33-27(34)20-9-5-10-22(15-20)35-17-19-7-3-2-4-8-19/h2-16H,17H2,1H3,(H2,32,33,34,37). The third kappa shape index (κ3) is 5.80. The van der Waals surface area contributed by atoms with Crippen molar-refractivity contribution < 1.29 is 13.9 Å². The van der Waals surface area contributed by atoms with Crippen LogP contribution in [-0.4, -0.2) is 16.0 Å². The van der Waals surface area contributed by atoms with Crippen LogP contribution < -0.4 is 15.4 Å². The van der Waals surface area contributed by atoms with Gasteiger partial charge >= 0.3 is 0 Å². The van der Waals surface area contributed by atoms with Crippen LogP contribution in [0.5, 0.6) is 5.75 Å². The molecule has 0 atom stereocenters. The van der Waals surface area contributed by atoms with Gasteiger partial charge in [-0.05, 0) is 78.8 Å². The van der Waals surface area contributed by atoms with E-state index in [2.05, 4.69) is 15.6 Å². The molecule has 0 spiro atoms. The lowest BCUT2D eigenvalue weighted by Gasteiger charge is -2.14. The minimum Gasteiger partial charge on any atom is -0.489 e. The van der Waals surface area contributed by atoms with E-state index in [0.717, 1.165) is 22.4 Å². The van der Waals surface area contributed by atoms with Gasteiger partial charge < -0.3 is 14.5 Å². The van der Waals surface area contributed by atoms with Crippen LogP contribution >= 0.6 is 23.8 Å². The van der Waals surface area contributed by atoms with E-state index in [1.807, 2.05) is 61.5 Å². The minimum atomic E-state index is -0.340. The molecule has 184 valence electrons. The first-order valence-corrected chi connectivity index (χ1v) is 12.3. The van der Waals surface area contributed by atoms with Crippen LogP contribution in [0, 0.1) is 6.92 Å². The quantitative estimate of drug-likeness (QED) is 0.228. The molecule has 0 aliphatic heterocycles. The summed E-state index contributed by atoms with van der Waals surface area (Å²) >= 11 is 11.5. The number of halogens is 1. The number of oxazole rings is 1. The Morgan fingerprint density at radius 1 is 1.00 bits per heavy atom. The van der Waals surface area contributed by atoms with Gasteiger partial charge in [-0.3, -0.25) is 10.1 Å². The van der Waals surface area contributed by atoms with Gasteiger partial charge in [0, 0.05) is 21.8 Å². The summed E-state index contributed by atoms with van der Waals surface area (Å²) in [5.74, 6) is 0.728. The van der Waals surface area contributed by atoms with E-state index in [0.29, 0.717) is 39.9 Å². The maximum Gasteiger partial charge on any atom is 0.257 e. The lowest BCUT2D eigenvalue weighted by Crippen LogP contribution is -2.34. The predicted octanol–water partition coefficient (Wildman–Crippen LogP) is 7.16. The average molecular weight is 528 g/mol. The first-order valence-electron chi connectivity index (χ1n) is 11.5. The molecule has 1 amide bonds. The molecule has 1 heterocycles. The van der Waals surface area contributed by atoms with E-state index in [-0.39, 0.29) is 11.0 Å². The van der Waals surface area contributed by atoms with E-state index in [4.69, 9.17) is 33.0 Å². The van der Waals surface area contributed by atoms with Crippen molar-refractivity contribution in [2.45, 2.75) is 13.5 Å². The number of hydrogen-bond acceptors (Lipinski definition) is 5. The molecule has 0 aliphatic rings. The second-order valence-corrected chi connectivity index (χ2v) is 9.16. The summed E-state index contributed by atoms with van der Waals surface area (Å²) in [7, 11) is 0. The lowest BCUT2D eigenvalue weighted by molar-refractivity contribution is 0.0977. The van der Waals surface area contributed by atoms with Crippen LogP contribution in [0.3, 0.4) is 0 Å². The van der Waals surface area contributed by atoms with Gasteiger partial charge in [0.1, 0.15) is 17.9 Å². The summed E-state index contributed by atoms with van der Waals surface area (Å²) in [6.45, 7) is 2.34. The number of nitrogens with zero attached hydrogens (tertiary/aromatic N) is 1. The van der Waals surface area contributed by atoms with E-state index in [1.54, 1.807) is 36.4 Å². The Hall–Kier alpha value is -4.20. The largest absolute Gasteiger partial charge is 0.489 e. The van der Waals surface area contributed by atoms with Crippen LogP contribution in [-0.2, 0) is 6.61 Å². The van der Waals surface area contributed by atoms with E-state index in [9.17, 15) is 4.79 Å². The zero-order chi connectivity index (χ0) is 25.8. The van der Waals surface area contributed by atoms with Crippen LogP contribution in [0.2, 0.25) is 5.02 Å². The summed E-state index contributed by atoms with van der Waals surface area (Å²) in [5.41, 5.74) is 5.20. The fourth-order valence-corrected chi connectivity index (χ4v) is 4.18. The Balaban J connectivity index is 1.26. The molecule has 2 N–H and O–H groups in total.